The third-order valence-electron chi connectivity index (χ3n) is 2.67. The van der Waals surface area contributed by atoms with Crippen LogP contribution in [0, 0.1) is 0 Å². The van der Waals surface area contributed by atoms with Gasteiger partial charge in [-0.1, -0.05) is 13.0 Å². The number of hydrogen-bond acceptors (Lipinski definition) is 5. The van der Waals surface area contributed by atoms with Crippen molar-refractivity contribution in [3.8, 4) is 0 Å². The van der Waals surface area contributed by atoms with Crippen molar-refractivity contribution in [1.29, 1.82) is 0 Å². The first-order valence-electron chi connectivity index (χ1n) is 6.56. The molecule has 0 unspecified atom stereocenters. The van der Waals surface area contributed by atoms with Crippen molar-refractivity contribution in [2.24, 2.45) is 0 Å². The molecular weight excluding hydrogens is 288 g/mol. The van der Waals surface area contributed by atoms with Crippen LogP contribution in [0.4, 0.5) is 5.69 Å². The second kappa shape index (κ2) is 6.99. The number of esters is 1. The Kier molecular flexibility index (Phi) is 5.05. The molecule has 0 aliphatic carbocycles. The van der Waals surface area contributed by atoms with E-state index < -0.39 is 5.97 Å². The summed E-state index contributed by atoms with van der Waals surface area (Å²) in [4.78, 5) is 27.3. The number of benzene rings is 1. The Labute approximate surface area is 127 Å². The highest BCUT2D eigenvalue weighted by Crippen LogP contribution is 2.14. The van der Waals surface area contributed by atoms with Gasteiger partial charge in [-0.3, -0.25) is 4.79 Å². The molecule has 0 fully saturated rings. The van der Waals surface area contributed by atoms with E-state index in [0.717, 1.165) is 17.1 Å². The Morgan fingerprint density at radius 3 is 2.86 bits per heavy atom. The van der Waals surface area contributed by atoms with Crippen LogP contribution >= 0.6 is 11.3 Å². The van der Waals surface area contributed by atoms with Crippen LogP contribution in [-0.4, -0.2) is 16.9 Å². The lowest BCUT2D eigenvalue weighted by Crippen LogP contribution is -2.09. The number of rotatable bonds is 5. The molecule has 5 nitrogen and oxygen atoms in total. The van der Waals surface area contributed by atoms with E-state index in [1.807, 2.05) is 12.3 Å². The molecule has 0 radical (unpaired) electrons. The van der Waals surface area contributed by atoms with Gasteiger partial charge in [-0.05, 0) is 24.6 Å². The molecular formula is C15H16N2O3S. The molecule has 1 amide bonds. The van der Waals surface area contributed by atoms with E-state index in [-0.39, 0.29) is 12.5 Å². The van der Waals surface area contributed by atoms with Crippen molar-refractivity contribution >= 4 is 28.9 Å². The van der Waals surface area contributed by atoms with Crippen LogP contribution in [0.5, 0.6) is 0 Å². The number of thiazole rings is 1. The average molecular weight is 304 g/mol. The van der Waals surface area contributed by atoms with Crippen LogP contribution in [0.2, 0.25) is 0 Å². The number of amides is 1. The fourth-order valence-corrected chi connectivity index (χ4v) is 2.46. The van der Waals surface area contributed by atoms with Crippen LogP contribution in [0.15, 0.2) is 29.6 Å². The van der Waals surface area contributed by atoms with Crippen LogP contribution in [-0.2, 0) is 22.6 Å². The lowest BCUT2D eigenvalue weighted by molar-refractivity contribution is -0.114. The van der Waals surface area contributed by atoms with E-state index in [0.29, 0.717) is 11.3 Å². The van der Waals surface area contributed by atoms with Crippen LogP contribution in [0.3, 0.4) is 0 Å². The number of nitrogens with zero attached hydrogens (tertiary/aromatic N) is 1. The smallest absolute Gasteiger partial charge is 0.338 e. The highest BCUT2D eigenvalue weighted by atomic mass is 32.1. The summed E-state index contributed by atoms with van der Waals surface area (Å²) < 4.78 is 5.22. The third-order valence-corrected chi connectivity index (χ3v) is 3.71. The quantitative estimate of drug-likeness (QED) is 0.862. The molecule has 6 heteroatoms. The SMILES string of the molecule is CCc1nc(COC(=O)c2cccc(NC(C)=O)c2)cs1. The summed E-state index contributed by atoms with van der Waals surface area (Å²) in [5.74, 6) is -0.622. The van der Waals surface area contributed by atoms with Gasteiger partial charge in [-0.25, -0.2) is 9.78 Å². The molecule has 0 atom stereocenters. The highest BCUT2D eigenvalue weighted by molar-refractivity contribution is 7.09. The maximum absolute atomic E-state index is 12.0. The molecule has 0 bridgehead atoms. The minimum absolute atomic E-state index is 0.152. The fourth-order valence-electron chi connectivity index (χ4n) is 1.73. The number of aryl methyl sites for hydroxylation is 1. The summed E-state index contributed by atoms with van der Waals surface area (Å²) in [5.41, 5.74) is 1.72. The molecule has 0 saturated carbocycles. The molecule has 2 aromatic rings. The normalized spacial score (nSPS) is 10.2. The van der Waals surface area contributed by atoms with Crippen molar-refractivity contribution in [1.82, 2.24) is 4.98 Å². The highest BCUT2D eigenvalue weighted by Gasteiger charge is 2.10. The fraction of sp³-hybridized carbons (Fsp3) is 0.267. The van der Waals surface area contributed by atoms with E-state index >= 15 is 0 Å². The summed E-state index contributed by atoms with van der Waals surface area (Å²) in [5, 5.41) is 5.54. The van der Waals surface area contributed by atoms with Gasteiger partial charge in [0.25, 0.3) is 0 Å². The van der Waals surface area contributed by atoms with Crippen molar-refractivity contribution in [2.75, 3.05) is 5.32 Å². The molecule has 21 heavy (non-hydrogen) atoms. The predicted octanol–water partition coefficient (Wildman–Crippen LogP) is 3.02. The van der Waals surface area contributed by atoms with Crippen molar-refractivity contribution in [3.05, 3.63) is 45.9 Å². The van der Waals surface area contributed by atoms with Gasteiger partial charge in [0, 0.05) is 18.0 Å². The number of hydrogen-bond donors (Lipinski definition) is 1. The van der Waals surface area contributed by atoms with Crippen molar-refractivity contribution in [2.45, 2.75) is 26.9 Å². The van der Waals surface area contributed by atoms with Gasteiger partial charge in [0.15, 0.2) is 0 Å². The van der Waals surface area contributed by atoms with Gasteiger partial charge in [0.2, 0.25) is 5.91 Å². The maximum Gasteiger partial charge on any atom is 0.338 e. The zero-order valence-corrected chi connectivity index (χ0v) is 12.7. The summed E-state index contributed by atoms with van der Waals surface area (Å²) in [6.07, 6.45) is 0.872. The van der Waals surface area contributed by atoms with Crippen LogP contribution < -0.4 is 5.32 Å². The Balaban J connectivity index is 1.98. The molecule has 0 saturated heterocycles. The maximum atomic E-state index is 12.0. The number of anilines is 1. The molecule has 0 aliphatic heterocycles. The van der Waals surface area contributed by atoms with E-state index in [1.54, 1.807) is 35.6 Å². The zero-order chi connectivity index (χ0) is 15.2. The van der Waals surface area contributed by atoms with Crippen molar-refractivity contribution < 1.29 is 14.3 Å². The topological polar surface area (TPSA) is 68.3 Å². The molecule has 110 valence electrons. The minimum Gasteiger partial charge on any atom is -0.456 e. The number of aromatic nitrogens is 1. The monoisotopic (exact) mass is 304 g/mol. The first-order valence-corrected chi connectivity index (χ1v) is 7.44. The number of ether oxygens (including phenoxy) is 1. The summed E-state index contributed by atoms with van der Waals surface area (Å²) in [7, 11) is 0. The lowest BCUT2D eigenvalue weighted by atomic mass is 10.2. The van der Waals surface area contributed by atoms with Crippen LogP contribution in [0.1, 0.15) is 34.9 Å². The Morgan fingerprint density at radius 2 is 2.19 bits per heavy atom. The lowest BCUT2D eigenvalue weighted by Gasteiger charge is -2.06. The summed E-state index contributed by atoms with van der Waals surface area (Å²) in [6.45, 7) is 3.60. The first kappa shape index (κ1) is 15.2. The largest absolute Gasteiger partial charge is 0.456 e. The molecule has 1 aromatic carbocycles. The van der Waals surface area contributed by atoms with Gasteiger partial charge < -0.3 is 10.1 Å². The summed E-state index contributed by atoms with van der Waals surface area (Å²) in [6, 6.07) is 6.64. The number of nitrogens with one attached hydrogen (secondary N) is 1. The Hall–Kier alpha value is -2.21. The van der Waals surface area contributed by atoms with Crippen LogP contribution in [0.25, 0.3) is 0 Å². The molecule has 0 spiro atoms. The second-order valence-corrected chi connectivity index (χ2v) is 5.37. The van der Waals surface area contributed by atoms with Gasteiger partial charge in [0.1, 0.15) is 6.61 Å². The molecule has 1 N–H and O–H groups in total. The minimum atomic E-state index is -0.437. The number of carbonyl (C=O) groups excluding carboxylic acids is 2. The Bertz CT molecular complexity index is 652. The van der Waals surface area contributed by atoms with E-state index in [1.165, 1.54) is 6.92 Å². The summed E-state index contributed by atoms with van der Waals surface area (Å²) >= 11 is 1.56. The second-order valence-electron chi connectivity index (χ2n) is 4.42. The van der Waals surface area contributed by atoms with E-state index in [4.69, 9.17) is 4.74 Å². The molecule has 0 aliphatic rings. The average Bonchev–Trinajstić information content (AvgIpc) is 2.92. The Morgan fingerprint density at radius 1 is 1.38 bits per heavy atom. The third kappa shape index (κ3) is 4.39. The van der Waals surface area contributed by atoms with Gasteiger partial charge >= 0.3 is 5.97 Å². The number of carbonyl (C=O) groups is 2. The van der Waals surface area contributed by atoms with Gasteiger partial charge in [-0.15, -0.1) is 11.3 Å². The van der Waals surface area contributed by atoms with Crippen molar-refractivity contribution in [3.63, 3.8) is 0 Å². The molecule has 1 aromatic heterocycles. The molecule has 1 heterocycles. The first-order chi connectivity index (χ1) is 10.1. The zero-order valence-electron chi connectivity index (χ0n) is 11.9. The standard InChI is InChI=1S/C15H16N2O3S/c1-3-14-17-13(9-21-14)8-20-15(19)11-5-4-6-12(7-11)16-10(2)18/h4-7,9H,3,8H2,1-2H3,(H,16,18). The molecule has 2 rings (SSSR count). The van der Waals surface area contributed by atoms with Gasteiger partial charge in [0.05, 0.1) is 16.3 Å². The van der Waals surface area contributed by atoms with E-state index in [9.17, 15) is 9.59 Å². The van der Waals surface area contributed by atoms with Gasteiger partial charge in [-0.2, -0.15) is 0 Å². The predicted molar refractivity (Wildman–Crippen MR) is 81.4 cm³/mol. The van der Waals surface area contributed by atoms with E-state index in [2.05, 4.69) is 10.3 Å².